The van der Waals surface area contributed by atoms with Gasteiger partial charge in [0.05, 0.1) is 0 Å². The molecule has 0 spiro atoms. The van der Waals surface area contributed by atoms with Crippen molar-refractivity contribution in [3.63, 3.8) is 0 Å². The molecular formula is C20H17NO. The summed E-state index contributed by atoms with van der Waals surface area (Å²) in [7, 11) is 0. The third-order valence-corrected chi connectivity index (χ3v) is 4.54. The molecule has 0 saturated carbocycles. The molecule has 3 aromatic carbocycles. The molecule has 0 radical (unpaired) electrons. The molecule has 108 valence electrons. The van der Waals surface area contributed by atoms with Gasteiger partial charge in [0, 0.05) is 17.6 Å². The van der Waals surface area contributed by atoms with Crippen LogP contribution in [0.15, 0.2) is 66.7 Å². The summed E-state index contributed by atoms with van der Waals surface area (Å²) in [5.74, 6) is 0. The Labute approximate surface area is 130 Å². The summed E-state index contributed by atoms with van der Waals surface area (Å²) in [5, 5.41) is 2.42. The maximum Gasteiger partial charge on any atom is 0.146 e. The van der Waals surface area contributed by atoms with Crippen LogP contribution in [0.25, 0.3) is 10.8 Å². The van der Waals surface area contributed by atoms with Crippen molar-refractivity contribution in [3.05, 3.63) is 77.9 Å². The summed E-state index contributed by atoms with van der Waals surface area (Å²) < 4.78 is 0. The molecule has 1 heterocycles. The minimum absolute atomic E-state index is 0.198. The first kappa shape index (κ1) is 13.1. The number of hydrogen-bond acceptors (Lipinski definition) is 2. The van der Waals surface area contributed by atoms with E-state index in [4.69, 9.17) is 0 Å². The highest BCUT2D eigenvalue weighted by Crippen LogP contribution is 2.36. The average molecular weight is 287 g/mol. The normalized spacial score (nSPS) is 17.3. The van der Waals surface area contributed by atoms with Crippen molar-refractivity contribution in [3.8, 4) is 0 Å². The quantitative estimate of drug-likeness (QED) is 0.660. The Balaban J connectivity index is 1.87. The lowest BCUT2D eigenvalue weighted by Crippen LogP contribution is -2.36. The van der Waals surface area contributed by atoms with E-state index >= 15 is 0 Å². The predicted octanol–water partition coefficient (Wildman–Crippen LogP) is 4.14. The molecule has 0 amide bonds. The summed E-state index contributed by atoms with van der Waals surface area (Å²) in [6, 6.07) is 22.7. The molecule has 2 nitrogen and oxygen atoms in total. The van der Waals surface area contributed by atoms with Gasteiger partial charge in [0.1, 0.15) is 12.3 Å². The summed E-state index contributed by atoms with van der Waals surface area (Å²) in [4.78, 5) is 14.0. The van der Waals surface area contributed by atoms with Gasteiger partial charge in [-0.25, -0.2) is 0 Å². The minimum Gasteiger partial charge on any atom is -0.357 e. The standard InChI is InChI=1S/C20H17NO/c22-14-20-18-10-4-2-7-16(18)12-13-21(20)19-11-5-8-15-6-1-3-9-17(15)19/h1-11,14,20H,12-13H2. The van der Waals surface area contributed by atoms with Crippen LogP contribution in [0.1, 0.15) is 17.2 Å². The molecule has 0 N–H and O–H groups in total. The van der Waals surface area contributed by atoms with Gasteiger partial charge in [0.2, 0.25) is 0 Å². The van der Waals surface area contributed by atoms with E-state index in [0.717, 1.165) is 30.5 Å². The Bertz CT molecular complexity index is 834. The second-order valence-electron chi connectivity index (χ2n) is 5.72. The summed E-state index contributed by atoms with van der Waals surface area (Å²) in [6.07, 6.45) is 2.05. The number of anilines is 1. The van der Waals surface area contributed by atoms with E-state index in [9.17, 15) is 4.79 Å². The van der Waals surface area contributed by atoms with E-state index in [1.807, 2.05) is 12.1 Å². The zero-order valence-electron chi connectivity index (χ0n) is 12.3. The number of hydrogen-bond donors (Lipinski definition) is 0. The Morgan fingerprint density at radius 3 is 2.59 bits per heavy atom. The van der Waals surface area contributed by atoms with Gasteiger partial charge in [0.25, 0.3) is 0 Å². The SMILES string of the molecule is O=CC1c2ccccc2CCN1c1cccc2ccccc12. The van der Waals surface area contributed by atoms with Crippen LogP contribution >= 0.6 is 0 Å². The lowest BCUT2D eigenvalue weighted by molar-refractivity contribution is -0.109. The van der Waals surface area contributed by atoms with Crippen LogP contribution in [0, 0.1) is 0 Å². The Kier molecular flexibility index (Phi) is 3.15. The zero-order valence-corrected chi connectivity index (χ0v) is 12.3. The smallest absolute Gasteiger partial charge is 0.146 e. The molecule has 22 heavy (non-hydrogen) atoms. The third kappa shape index (κ3) is 2.00. The van der Waals surface area contributed by atoms with Gasteiger partial charge in [-0.1, -0.05) is 60.7 Å². The van der Waals surface area contributed by atoms with E-state index in [1.165, 1.54) is 16.3 Å². The number of fused-ring (bicyclic) bond motifs is 2. The maximum absolute atomic E-state index is 11.8. The number of carbonyl (C=O) groups is 1. The molecule has 2 heteroatoms. The van der Waals surface area contributed by atoms with Crippen molar-refractivity contribution in [1.29, 1.82) is 0 Å². The predicted molar refractivity (Wildman–Crippen MR) is 90.2 cm³/mol. The number of rotatable bonds is 2. The first-order valence-corrected chi connectivity index (χ1v) is 7.66. The summed E-state index contributed by atoms with van der Waals surface area (Å²) >= 11 is 0. The van der Waals surface area contributed by atoms with Crippen molar-refractivity contribution >= 4 is 22.7 Å². The van der Waals surface area contributed by atoms with Gasteiger partial charge in [-0.15, -0.1) is 0 Å². The number of nitrogens with zero attached hydrogens (tertiary/aromatic N) is 1. The lowest BCUT2D eigenvalue weighted by Gasteiger charge is -2.36. The van der Waals surface area contributed by atoms with Crippen molar-refractivity contribution in [2.24, 2.45) is 0 Å². The summed E-state index contributed by atoms with van der Waals surface area (Å²) in [6.45, 7) is 0.869. The topological polar surface area (TPSA) is 20.3 Å². The van der Waals surface area contributed by atoms with E-state index in [0.29, 0.717) is 0 Å². The van der Waals surface area contributed by atoms with E-state index in [1.54, 1.807) is 0 Å². The largest absolute Gasteiger partial charge is 0.357 e. The van der Waals surface area contributed by atoms with Crippen molar-refractivity contribution < 1.29 is 4.79 Å². The molecule has 0 aromatic heterocycles. The molecule has 0 aliphatic carbocycles. The maximum atomic E-state index is 11.8. The molecule has 0 bridgehead atoms. The van der Waals surface area contributed by atoms with Crippen LogP contribution in [0.3, 0.4) is 0 Å². The Hall–Kier alpha value is -2.61. The van der Waals surface area contributed by atoms with Crippen LogP contribution in [0.4, 0.5) is 5.69 Å². The van der Waals surface area contributed by atoms with Crippen LogP contribution < -0.4 is 4.90 Å². The number of benzene rings is 3. The highest BCUT2D eigenvalue weighted by molar-refractivity contribution is 5.95. The fraction of sp³-hybridized carbons (Fsp3) is 0.150. The Morgan fingerprint density at radius 2 is 1.68 bits per heavy atom. The van der Waals surface area contributed by atoms with Crippen LogP contribution in [0.5, 0.6) is 0 Å². The second kappa shape index (κ2) is 5.30. The minimum atomic E-state index is -0.198. The van der Waals surface area contributed by atoms with E-state index in [-0.39, 0.29) is 6.04 Å². The molecule has 4 rings (SSSR count). The molecule has 3 aromatic rings. The van der Waals surface area contributed by atoms with Gasteiger partial charge >= 0.3 is 0 Å². The molecule has 0 saturated heterocycles. The van der Waals surface area contributed by atoms with E-state index < -0.39 is 0 Å². The van der Waals surface area contributed by atoms with Gasteiger partial charge in [-0.3, -0.25) is 0 Å². The van der Waals surface area contributed by atoms with Gasteiger partial charge in [0.15, 0.2) is 0 Å². The number of carbonyl (C=O) groups excluding carboxylic acids is 1. The van der Waals surface area contributed by atoms with Crippen LogP contribution in [-0.2, 0) is 11.2 Å². The fourth-order valence-electron chi connectivity index (χ4n) is 3.47. The van der Waals surface area contributed by atoms with Gasteiger partial charge < -0.3 is 9.69 Å². The molecule has 1 aliphatic rings. The zero-order chi connectivity index (χ0) is 14.9. The molecule has 0 fully saturated rings. The molecule has 1 atom stereocenters. The van der Waals surface area contributed by atoms with Crippen LogP contribution in [0.2, 0.25) is 0 Å². The monoisotopic (exact) mass is 287 g/mol. The van der Waals surface area contributed by atoms with Crippen molar-refractivity contribution in [1.82, 2.24) is 0 Å². The Morgan fingerprint density at radius 1 is 0.909 bits per heavy atom. The van der Waals surface area contributed by atoms with Gasteiger partial charge in [-0.2, -0.15) is 0 Å². The molecule has 1 unspecified atom stereocenters. The van der Waals surface area contributed by atoms with Crippen molar-refractivity contribution in [2.75, 3.05) is 11.4 Å². The van der Waals surface area contributed by atoms with Crippen LogP contribution in [-0.4, -0.2) is 12.8 Å². The average Bonchev–Trinajstić information content (AvgIpc) is 2.60. The highest BCUT2D eigenvalue weighted by atomic mass is 16.1. The summed E-state index contributed by atoms with van der Waals surface area (Å²) in [5.41, 5.74) is 3.57. The molecule has 1 aliphatic heterocycles. The van der Waals surface area contributed by atoms with Gasteiger partial charge in [-0.05, 0) is 29.0 Å². The fourth-order valence-corrected chi connectivity index (χ4v) is 3.47. The lowest BCUT2D eigenvalue weighted by atomic mass is 9.92. The molecular weight excluding hydrogens is 270 g/mol. The first-order valence-electron chi connectivity index (χ1n) is 7.66. The van der Waals surface area contributed by atoms with Crippen molar-refractivity contribution in [2.45, 2.75) is 12.5 Å². The number of aldehydes is 1. The first-order chi connectivity index (χ1) is 10.9. The second-order valence-corrected chi connectivity index (χ2v) is 5.72. The third-order valence-electron chi connectivity index (χ3n) is 4.54. The highest BCUT2D eigenvalue weighted by Gasteiger charge is 2.27. The van der Waals surface area contributed by atoms with E-state index in [2.05, 4.69) is 59.5 Å².